The fraction of sp³-hybridized carbons (Fsp3) is 0.190. The average Bonchev–Trinajstić information content (AvgIpc) is 3.33. The Balaban J connectivity index is 1.53. The van der Waals surface area contributed by atoms with Gasteiger partial charge in [-0.25, -0.2) is 19.1 Å². The van der Waals surface area contributed by atoms with Gasteiger partial charge in [-0.1, -0.05) is 38.1 Å². The van der Waals surface area contributed by atoms with Crippen LogP contribution in [0.2, 0.25) is 0 Å². The first-order valence-corrected chi connectivity index (χ1v) is 9.41. The van der Waals surface area contributed by atoms with Crippen LogP contribution in [0.25, 0.3) is 21.5 Å². The summed E-state index contributed by atoms with van der Waals surface area (Å²) < 4.78 is 6.70. The van der Waals surface area contributed by atoms with Crippen LogP contribution in [-0.4, -0.2) is 25.8 Å². The smallest absolute Gasteiger partial charge is 0.326 e. The van der Waals surface area contributed by atoms with Crippen molar-refractivity contribution < 1.29 is 9.32 Å². The third kappa shape index (κ3) is 3.89. The first-order chi connectivity index (χ1) is 14.8. The lowest BCUT2D eigenvalue weighted by atomic mass is 9.92. The van der Waals surface area contributed by atoms with Gasteiger partial charge in [0.2, 0.25) is 11.6 Å². The minimum atomic E-state index is -0.460. The van der Waals surface area contributed by atoms with Gasteiger partial charge >= 0.3 is 6.03 Å². The molecule has 4 aromatic rings. The van der Waals surface area contributed by atoms with Gasteiger partial charge in [0.25, 0.3) is 0 Å². The molecule has 0 atom stereocenters. The van der Waals surface area contributed by atoms with Crippen LogP contribution in [0.15, 0.2) is 47.4 Å². The van der Waals surface area contributed by atoms with E-state index in [2.05, 4.69) is 30.7 Å². The lowest BCUT2D eigenvalue weighted by Crippen LogP contribution is -2.19. The second-order valence-corrected chi connectivity index (χ2v) is 7.92. The Kier molecular flexibility index (Phi) is 4.79. The number of nitrogens with zero attached hydrogens (tertiary/aromatic N) is 5. The SMILES string of the molecule is [C-]#[N+]c1cn2ncnc(N)c2c1-c1ccc(NC(=O)Nc2cc(C(C)(C)C)no2)cc1. The van der Waals surface area contributed by atoms with Crippen LogP contribution < -0.4 is 16.4 Å². The molecule has 31 heavy (non-hydrogen) atoms. The summed E-state index contributed by atoms with van der Waals surface area (Å²) in [6.45, 7) is 13.5. The zero-order valence-electron chi connectivity index (χ0n) is 17.2. The normalized spacial score (nSPS) is 11.3. The molecule has 0 aliphatic heterocycles. The number of carbonyl (C=O) groups excluding carboxylic acids is 1. The molecule has 156 valence electrons. The first-order valence-electron chi connectivity index (χ1n) is 9.41. The summed E-state index contributed by atoms with van der Waals surface area (Å²) >= 11 is 0. The van der Waals surface area contributed by atoms with Crippen LogP contribution in [-0.2, 0) is 5.41 Å². The van der Waals surface area contributed by atoms with Crippen LogP contribution >= 0.6 is 0 Å². The van der Waals surface area contributed by atoms with Crippen molar-refractivity contribution >= 4 is 34.6 Å². The minimum absolute atomic E-state index is 0.183. The zero-order chi connectivity index (χ0) is 22.2. The minimum Gasteiger partial charge on any atom is -0.382 e. The highest BCUT2D eigenvalue weighted by atomic mass is 16.5. The number of anilines is 3. The summed E-state index contributed by atoms with van der Waals surface area (Å²) in [4.78, 5) is 19.9. The molecule has 0 unspecified atom stereocenters. The van der Waals surface area contributed by atoms with Gasteiger partial charge in [-0.2, -0.15) is 5.10 Å². The quantitative estimate of drug-likeness (QED) is 0.423. The molecule has 0 bridgehead atoms. The number of carbonyl (C=O) groups is 1. The van der Waals surface area contributed by atoms with E-state index in [4.69, 9.17) is 16.8 Å². The Labute approximate surface area is 177 Å². The summed E-state index contributed by atoms with van der Waals surface area (Å²) in [5, 5.41) is 13.4. The number of hydrogen-bond donors (Lipinski definition) is 3. The number of hydrogen-bond acceptors (Lipinski definition) is 6. The van der Waals surface area contributed by atoms with Crippen molar-refractivity contribution in [2.24, 2.45) is 0 Å². The van der Waals surface area contributed by atoms with Gasteiger partial charge in [0.05, 0.1) is 12.3 Å². The second kappa shape index (κ2) is 7.46. The lowest BCUT2D eigenvalue weighted by molar-refractivity contribution is 0.261. The molecule has 3 aromatic heterocycles. The molecular formula is C21H20N8O2. The van der Waals surface area contributed by atoms with Crippen molar-refractivity contribution in [1.29, 1.82) is 0 Å². The number of amides is 2. The molecule has 3 heterocycles. The monoisotopic (exact) mass is 416 g/mol. The fourth-order valence-corrected chi connectivity index (χ4v) is 3.07. The van der Waals surface area contributed by atoms with E-state index in [-0.39, 0.29) is 17.1 Å². The number of benzene rings is 1. The maximum absolute atomic E-state index is 12.3. The van der Waals surface area contributed by atoms with Crippen molar-refractivity contribution in [3.63, 3.8) is 0 Å². The van der Waals surface area contributed by atoms with Gasteiger partial charge in [0.1, 0.15) is 11.8 Å². The molecule has 10 heteroatoms. The second-order valence-electron chi connectivity index (χ2n) is 7.92. The van der Waals surface area contributed by atoms with Crippen LogP contribution in [0.3, 0.4) is 0 Å². The van der Waals surface area contributed by atoms with Crippen LogP contribution in [0, 0.1) is 6.57 Å². The molecule has 0 saturated heterocycles. The molecule has 0 spiro atoms. The highest BCUT2D eigenvalue weighted by Gasteiger charge is 2.20. The number of fused-ring (bicyclic) bond motifs is 1. The average molecular weight is 416 g/mol. The topological polar surface area (TPSA) is 128 Å². The third-order valence-corrected chi connectivity index (χ3v) is 4.65. The van der Waals surface area contributed by atoms with E-state index in [1.807, 2.05) is 20.8 Å². The molecule has 2 amide bonds. The maximum atomic E-state index is 12.3. The lowest BCUT2D eigenvalue weighted by Gasteiger charge is -2.12. The van der Waals surface area contributed by atoms with Crippen molar-refractivity contribution in [1.82, 2.24) is 19.8 Å². The Morgan fingerprint density at radius 3 is 2.61 bits per heavy atom. The van der Waals surface area contributed by atoms with Gasteiger partial charge in [-0.3, -0.25) is 5.32 Å². The predicted molar refractivity (Wildman–Crippen MR) is 117 cm³/mol. The Morgan fingerprint density at radius 1 is 1.23 bits per heavy atom. The molecule has 1 aromatic carbocycles. The van der Waals surface area contributed by atoms with Gasteiger partial charge in [-0.15, -0.1) is 0 Å². The first kappa shape index (κ1) is 19.9. The summed E-state index contributed by atoms with van der Waals surface area (Å²) in [5.74, 6) is 0.541. The van der Waals surface area contributed by atoms with E-state index in [1.54, 1.807) is 36.5 Å². The van der Waals surface area contributed by atoms with Crippen molar-refractivity contribution in [3.8, 4) is 11.1 Å². The number of nitrogens with one attached hydrogen (secondary N) is 2. The standard InChI is InChI=1S/C21H20N8O2/c1-21(2,3)15-9-16(31-28-15)27-20(30)26-13-7-5-12(6-8-13)17-14(23-4)10-29-18(17)19(22)24-11-25-29/h5-11H,1-3H3,(H2,22,24,25)(H2,26,27,30). The maximum Gasteiger partial charge on any atom is 0.326 e. The number of rotatable bonds is 3. The van der Waals surface area contributed by atoms with Crippen molar-refractivity contribution in [2.75, 3.05) is 16.4 Å². The Morgan fingerprint density at radius 2 is 1.97 bits per heavy atom. The van der Waals surface area contributed by atoms with Crippen LogP contribution in [0.5, 0.6) is 0 Å². The largest absolute Gasteiger partial charge is 0.382 e. The molecule has 0 saturated carbocycles. The van der Waals surface area contributed by atoms with E-state index in [1.165, 1.54) is 10.8 Å². The highest BCUT2D eigenvalue weighted by molar-refractivity contribution is 6.00. The fourth-order valence-electron chi connectivity index (χ4n) is 3.07. The van der Waals surface area contributed by atoms with Gasteiger partial charge < -0.3 is 15.6 Å². The number of urea groups is 1. The molecule has 0 aliphatic carbocycles. The van der Waals surface area contributed by atoms with Gasteiger partial charge in [-0.05, 0) is 17.7 Å². The van der Waals surface area contributed by atoms with E-state index >= 15 is 0 Å². The summed E-state index contributed by atoms with van der Waals surface area (Å²) in [7, 11) is 0. The summed E-state index contributed by atoms with van der Waals surface area (Å²) in [6.07, 6.45) is 2.95. The molecule has 0 aliphatic rings. The van der Waals surface area contributed by atoms with Crippen molar-refractivity contribution in [2.45, 2.75) is 26.2 Å². The summed E-state index contributed by atoms with van der Waals surface area (Å²) in [6, 6.07) is 8.27. The van der Waals surface area contributed by atoms with Gasteiger partial charge in [0.15, 0.2) is 5.82 Å². The van der Waals surface area contributed by atoms with Crippen molar-refractivity contribution in [3.05, 3.63) is 60.0 Å². The van der Waals surface area contributed by atoms with E-state index in [0.717, 1.165) is 11.3 Å². The van der Waals surface area contributed by atoms with Crippen LogP contribution in [0.1, 0.15) is 26.5 Å². The molecular weight excluding hydrogens is 396 g/mol. The van der Waals surface area contributed by atoms with E-state index in [0.29, 0.717) is 22.5 Å². The van der Waals surface area contributed by atoms with Crippen LogP contribution in [0.4, 0.5) is 27.9 Å². The molecule has 4 rings (SSSR count). The Bertz CT molecular complexity index is 1310. The molecule has 10 nitrogen and oxygen atoms in total. The number of nitrogens with two attached hydrogens (primary N) is 1. The third-order valence-electron chi connectivity index (χ3n) is 4.65. The Hall–Kier alpha value is -4.39. The van der Waals surface area contributed by atoms with E-state index in [9.17, 15) is 4.79 Å². The molecule has 0 fully saturated rings. The van der Waals surface area contributed by atoms with E-state index < -0.39 is 6.03 Å². The molecule has 4 N–H and O–H groups in total. The van der Waals surface area contributed by atoms with Gasteiger partial charge in [0, 0.05) is 28.9 Å². The zero-order valence-corrected chi connectivity index (χ0v) is 17.2. The summed E-state index contributed by atoms with van der Waals surface area (Å²) in [5.41, 5.74) is 9.49. The number of nitrogen functional groups attached to an aromatic ring is 1. The molecule has 0 radical (unpaired) electrons. The highest BCUT2D eigenvalue weighted by Crippen LogP contribution is 2.38. The number of aromatic nitrogens is 4. The predicted octanol–water partition coefficient (Wildman–Crippen LogP) is 4.46.